The quantitative estimate of drug-likeness (QED) is 0.838. The number of anilines is 1. The van der Waals surface area contributed by atoms with Crippen LogP contribution in [0, 0.1) is 0 Å². The minimum atomic E-state index is -0.806. The third-order valence-corrected chi connectivity index (χ3v) is 4.50. The van der Waals surface area contributed by atoms with E-state index in [1.165, 1.54) is 11.3 Å². The number of hydrogen-bond acceptors (Lipinski definition) is 4. The lowest BCUT2D eigenvalue weighted by Gasteiger charge is -2.39. The number of ether oxygens (including phenoxy) is 1. The maximum absolute atomic E-state index is 10.1. The second-order valence-electron chi connectivity index (χ2n) is 6.13. The molecule has 1 aliphatic heterocycles. The molecule has 2 unspecified atom stereocenters. The van der Waals surface area contributed by atoms with Crippen LogP contribution in [0.4, 0.5) is 5.69 Å². The van der Waals surface area contributed by atoms with Crippen molar-refractivity contribution in [1.29, 1.82) is 0 Å². The third-order valence-electron chi connectivity index (χ3n) is 3.96. The second-order valence-corrected chi connectivity index (χ2v) is 6.50. The largest absolute Gasteiger partial charge is 0.388 e. The minimum Gasteiger partial charge on any atom is -0.388 e. The summed E-state index contributed by atoms with van der Waals surface area (Å²) in [5.41, 5.74) is 1.70. The third kappa shape index (κ3) is 3.68. The standard InChI is InChI=1S/C16H25NO2S/c1-12(11-20)13-4-6-14(7-5-13)17-8-9-19-15(10-17)16(2,3)18/h4-7,12,15,18,20H,8-11H2,1-3H3. The summed E-state index contributed by atoms with van der Waals surface area (Å²) in [6.07, 6.45) is -0.146. The number of nitrogens with zero attached hydrogens (tertiary/aromatic N) is 1. The van der Waals surface area contributed by atoms with Crippen LogP contribution in [0.1, 0.15) is 32.3 Å². The van der Waals surface area contributed by atoms with E-state index in [-0.39, 0.29) is 6.10 Å². The lowest BCUT2D eigenvalue weighted by atomic mass is 9.99. The van der Waals surface area contributed by atoms with E-state index in [1.54, 1.807) is 13.8 Å². The van der Waals surface area contributed by atoms with Gasteiger partial charge in [0.05, 0.1) is 12.2 Å². The fourth-order valence-corrected chi connectivity index (χ4v) is 2.64. The van der Waals surface area contributed by atoms with Crippen molar-refractivity contribution in [2.45, 2.75) is 38.4 Å². The number of thiol groups is 1. The molecule has 1 aromatic carbocycles. The molecule has 20 heavy (non-hydrogen) atoms. The molecule has 0 amide bonds. The second kappa shape index (κ2) is 6.37. The molecule has 0 bridgehead atoms. The van der Waals surface area contributed by atoms with Crippen LogP contribution < -0.4 is 4.90 Å². The summed E-state index contributed by atoms with van der Waals surface area (Å²) in [6.45, 7) is 8.04. The summed E-state index contributed by atoms with van der Waals surface area (Å²) in [7, 11) is 0. The summed E-state index contributed by atoms with van der Waals surface area (Å²) in [5, 5.41) is 10.1. The van der Waals surface area contributed by atoms with Gasteiger partial charge in [-0.05, 0) is 43.2 Å². The maximum atomic E-state index is 10.1. The first-order valence-corrected chi connectivity index (χ1v) is 7.85. The molecule has 1 saturated heterocycles. The van der Waals surface area contributed by atoms with Gasteiger partial charge >= 0.3 is 0 Å². The average Bonchev–Trinajstić information content (AvgIpc) is 2.46. The highest BCUT2D eigenvalue weighted by atomic mass is 32.1. The Morgan fingerprint density at radius 3 is 2.60 bits per heavy atom. The molecule has 1 fully saturated rings. The zero-order valence-electron chi connectivity index (χ0n) is 12.5. The van der Waals surface area contributed by atoms with Gasteiger partial charge in [-0.15, -0.1) is 0 Å². The van der Waals surface area contributed by atoms with Crippen LogP contribution in [0.15, 0.2) is 24.3 Å². The lowest BCUT2D eigenvalue weighted by molar-refractivity contribution is -0.0927. The molecule has 1 N–H and O–H groups in total. The number of aliphatic hydroxyl groups is 1. The zero-order valence-corrected chi connectivity index (χ0v) is 13.4. The van der Waals surface area contributed by atoms with Gasteiger partial charge < -0.3 is 14.7 Å². The highest BCUT2D eigenvalue weighted by Crippen LogP contribution is 2.25. The molecule has 0 aromatic heterocycles. The zero-order chi connectivity index (χ0) is 14.8. The van der Waals surface area contributed by atoms with E-state index >= 15 is 0 Å². The summed E-state index contributed by atoms with van der Waals surface area (Å²) in [5.74, 6) is 1.33. The van der Waals surface area contributed by atoms with Crippen LogP contribution in [0.2, 0.25) is 0 Å². The van der Waals surface area contributed by atoms with Gasteiger partial charge in [-0.3, -0.25) is 0 Å². The van der Waals surface area contributed by atoms with Crippen molar-refractivity contribution in [3.8, 4) is 0 Å². The summed E-state index contributed by atoms with van der Waals surface area (Å²) >= 11 is 4.34. The van der Waals surface area contributed by atoms with Crippen molar-refractivity contribution >= 4 is 18.3 Å². The van der Waals surface area contributed by atoms with Crippen molar-refractivity contribution < 1.29 is 9.84 Å². The molecule has 0 radical (unpaired) electrons. The predicted octanol–water partition coefficient (Wildman–Crippen LogP) is 2.70. The van der Waals surface area contributed by atoms with Crippen molar-refractivity contribution in [2.24, 2.45) is 0 Å². The Balaban J connectivity index is 2.07. The molecule has 0 aliphatic carbocycles. The lowest BCUT2D eigenvalue weighted by Crippen LogP contribution is -2.52. The molecule has 1 aliphatic rings. The Morgan fingerprint density at radius 2 is 2.05 bits per heavy atom. The van der Waals surface area contributed by atoms with Crippen LogP contribution in [0.3, 0.4) is 0 Å². The van der Waals surface area contributed by atoms with Crippen LogP contribution in [-0.2, 0) is 4.74 Å². The van der Waals surface area contributed by atoms with E-state index < -0.39 is 5.60 Å². The number of morpholine rings is 1. The SMILES string of the molecule is CC(CS)c1ccc(N2CCOC(C(C)(C)O)C2)cc1. The molecular formula is C16H25NO2S. The molecule has 0 saturated carbocycles. The van der Waals surface area contributed by atoms with Gasteiger partial charge in [0.25, 0.3) is 0 Å². The Kier molecular flexibility index (Phi) is 4.99. The van der Waals surface area contributed by atoms with Crippen LogP contribution in [0.5, 0.6) is 0 Å². The molecule has 4 heteroatoms. The normalized spacial score (nSPS) is 21.9. The Morgan fingerprint density at radius 1 is 1.40 bits per heavy atom. The van der Waals surface area contributed by atoms with Crippen LogP contribution in [-0.4, -0.2) is 42.3 Å². The molecule has 0 spiro atoms. The molecule has 1 aromatic rings. The van der Waals surface area contributed by atoms with Crippen molar-refractivity contribution in [1.82, 2.24) is 0 Å². The van der Waals surface area contributed by atoms with E-state index in [4.69, 9.17) is 4.74 Å². The Hall–Kier alpha value is -0.710. The van der Waals surface area contributed by atoms with Gasteiger partial charge in [0, 0.05) is 18.8 Å². The summed E-state index contributed by atoms with van der Waals surface area (Å²) in [6, 6.07) is 8.65. The highest BCUT2D eigenvalue weighted by molar-refractivity contribution is 7.80. The van der Waals surface area contributed by atoms with Gasteiger partial charge in [-0.2, -0.15) is 12.6 Å². The van der Waals surface area contributed by atoms with Crippen LogP contribution in [0.25, 0.3) is 0 Å². The van der Waals surface area contributed by atoms with Crippen LogP contribution >= 0.6 is 12.6 Å². The molecule has 1 heterocycles. The van der Waals surface area contributed by atoms with E-state index in [1.807, 2.05) is 0 Å². The van der Waals surface area contributed by atoms with Gasteiger partial charge in [-0.25, -0.2) is 0 Å². The van der Waals surface area contributed by atoms with Gasteiger partial charge in [0.2, 0.25) is 0 Å². The molecule has 2 rings (SSSR count). The topological polar surface area (TPSA) is 32.7 Å². The maximum Gasteiger partial charge on any atom is 0.103 e. The molecule has 112 valence electrons. The minimum absolute atomic E-state index is 0.146. The smallest absolute Gasteiger partial charge is 0.103 e. The van der Waals surface area contributed by atoms with Crippen molar-refractivity contribution in [3.63, 3.8) is 0 Å². The van der Waals surface area contributed by atoms with E-state index in [2.05, 4.69) is 48.7 Å². The Bertz CT molecular complexity index is 427. The molecular weight excluding hydrogens is 270 g/mol. The van der Waals surface area contributed by atoms with E-state index in [0.29, 0.717) is 12.5 Å². The first-order chi connectivity index (χ1) is 9.41. The number of hydrogen-bond donors (Lipinski definition) is 2. The van der Waals surface area contributed by atoms with E-state index in [0.717, 1.165) is 18.8 Å². The summed E-state index contributed by atoms with van der Waals surface area (Å²) in [4.78, 5) is 2.28. The fraction of sp³-hybridized carbons (Fsp3) is 0.625. The van der Waals surface area contributed by atoms with E-state index in [9.17, 15) is 5.11 Å². The van der Waals surface area contributed by atoms with Gasteiger partial charge in [-0.1, -0.05) is 19.1 Å². The van der Waals surface area contributed by atoms with Crippen molar-refractivity contribution in [2.75, 3.05) is 30.3 Å². The highest BCUT2D eigenvalue weighted by Gasteiger charge is 2.32. The fourth-order valence-electron chi connectivity index (χ4n) is 2.43. The monoisotopic (exact) mass is 295 g/mol. The molecule has 3 nitrogen and oxygen atoms in total. The Labute approximate surface area is 127 Å². The first-order valence-electron chi connectivity index (χ1n) is 7.21. The van der Waals surface area contributed by atoms with Gasteiger partial charge in [0.15, 0.2) is 0 Å². The van der Waals surface area contributed by atoms with Crippen molar-refractivity contribution in [3.05, 3.63) is 29.8 Å². The molecule has 2 atom stereocenters. The average molecular weight is 295 g/mol. The number of rotatable bonds is 4. The predicted molar refractivity (Wildman–Crippen MR) is 87.0 cm³/mol. The number of benzene rings is 1. The summed E-state index contributed by atoms with van der Waals surface area (Å²) < 4.78 is 5.67. The first kappa shape index (κ1) is 15.7. The van der Waals surface area contributed by atoms with Gasteiger partial charge in [0.1, 0.15) is 6.10 Å².